The third-order valence-electron chi connectivity index (χ3n) is 14.4. The molecule has 0 saturated heterocycles. The van der Waals surface area contributed by atoms with Crippen molar-refractivity contribution in [2.45, 2.75) is 297 Å². The predicted molar refractivity (Wildman–Crippen MR) is 286 cm³/mol. The topological polar surface area (TPSA) is 12.4 Å². The van der Waals surface area contributed by atoms with Gasteiger partial charge in [-0.05, 0) is 60.8 Å². The zero-order chi connectivity index (χ0) is 45.1. The first kappa shape index (κ1) is 57.0. The summed E-state index contributed by atoms with van der Waals surface area (Å²) < 4.78 is 0. The lowest BCUT2D eigenvalue weighted by Crippen LogP contribution is -2.03. The lowest BCUT2D eigenvalue weighted by atomic mass is 9.91. The van der Waals surface area contributed by atoms with Crippen LogP contribution < -0.4 is 0 Å². The second kappa shape index (κ2) is 42.5. The van der Waals surface area contributed by atoms with Gasteiger partial charge >= 0.3 is 0 Å². The summed E-state index contributed by atoms with van der Waals surface area (Å²) in [6, 6.07) is 17.9. The van der Waals surface area contributed by atoms with Crippen LogP contribution in [0.15, 0.2) is 65.7 Å². The fourth-order valence-corrected chi connectivity index (χ4v) is 9.60. The largest absolute Gasteiger partial charge is 0.285 e. The molecule has 1 nitrogen and oxygen atoms in total. The Hall–Kier alpha value is -2.15. The normalized spacial score (nSPS) is 12.3. The summed E-state index contributed by atoms with van der Waals surface area (Å²) in [5.41, 5.74) is 7.83. The number of unbranched alkanes of at least 4 members (excludes halogenated alkanes) is 37. The molecule has 0 radical (unpaired) electrons. The monoisotopic (exact) mass is 866 g/mol. The summed E-state index contributed by atoms with van der Waals surface area (Å²) in [7, 11) is 0. The van der Waals surface area contributed by atoms with E-state index in [1.54, 1.807) is 0 Å². The minimum absolute atomic E-state index is 0.542. The third-order valence-corrected chi connectivity index (χ3v) is 14.4. The van der Waals surface area contributed by atoms with Gasteiger partial charge in [0.1, 0.15) is 0 Å². The van der Waals surface area contributed by atoms with Gasteiger partial charge in [-0.2, -0.15) is 0 Å². The molecule has 0 aliphatic carbocycles. The van der Waals surface area contributed by atoms with E-state index in [-0.39, 0.29) is 0 Å². The standard InChI is InChI=1S/C62H107N/c1-6-8-9-10-11-12-13-14-15-16-17-18-19-20-21-22-23-24-25-26-27-28-29-30-31-32-33-34-35-36-37-38-39-40-41-42-43-44-45-56(3)57(4)54-60-46-48-61(49-47-60)55-63-58(5)62-52-50-59(7-2)51-53-62/h46-53,57H,3,6-45,54-55H2,1-2,4-5H3. The lowest BCUT2D eigenvalue weighted by molar-refractivity contribution is 0.509. The molecule has 0 aliphatic rings. The molecular formula is C62H107N. The summed E-state index contributed by atoms with van der Waals surface area (Å²) in [4.78, 5) is 4.86. The molecule has 1 atom stereocenters. The highest BCUT2D eigenvalue weighted by Gasteiger charge is 2.09. The van der Waals surface area contributed by atoms with E-state index >= 15 is 0 Å². The zero-order valence-electron chi connectivity index (χ0n) is 43.0. The maximum Gasteiger partial charge on any atom is 0.0643 e. The van der Waals surface area contributed by atoms with Gasteiger partial charge in [0.2, 0.25) is 0 Å². The van der Waals surface area contributed by atoms with Gasteiger partial charge in [0.15, 0.2) is 0 Å². The van der Waals surface area contributed by atoms with Crippen molar-refractivity contribution < 1.29 is 0 Å². The fraction of sp³-hybridized carbons (Fsp3) is 0.758. The van der Waals surface area contributed by atoms with Crippen LogP contribution in [-0.2, 0) is 19.4 Å². The molecule has 1 unspecified atom stereocenters. The van der Waals surface area contributed by atoms with Gasteiger partial charge in [-0.3, -0.25) is 4.99 Å². The number of allylic oxidation sites excluding steroid dienone is 1. The zero-order valence-corrected chi connectivity index (χ0v) is 43.0. The summed E-state index contributed by atoms with van der Waals surface area (Å²) in [5, 5.41) is 0. The Labute approximate surface area is 395 Å². The molecule has 360 valence electrons. The van der Waals surface area contributed by atoms with Crippen LogP contribution in [-0.4, -0.2) is 5.71 Å². The van der Waals surface area contributed by atoms with Crippen molar-refractivity contribution in [2.24, 2.45) is 10.9 Å². The maximum absolute atomic E-state index is 4.86. The first-order valence-electron chi connectivity index (χ1n) is 28.4. The number of rotatable bonds is 46. The molecule has 2 rings (SSSR count). The third kappa shape index (κ3) is 33.9. The molecule has 0 N–H and O–H groups in total. The van der Waals surface area contributed by atoms with Gasteiger partial charge in [0.25, 0.3) is 0 Å². The molecule has 0 aromatic heterocycles. The molecule has 0 heterocycles. The molecule has 0 bridgehead atoms. The predicted octanol–water partition coefficient (Wildman–Crippen LogP) is 21.2. The maximum atomic E-state index is 4.86. The van der Waals surface area contributed by atoms with E-state index in [4.69, 9.17) is 4.99 Å². The Morgan fingerprint density at radius 1 is 0.397 bits per heavy atom. The van der Waals surface area contributed by atoms with E-state index in [0.717, 1.165) is 25.1 Å². The van der Waals surface area contributed by atoms with Crippen molar-refractivity contribution in [1.82, 2.24) is 0 Å². The van der Waals surface area contributed by atoms with Gasteiger partial charge in [-0.15, -0.1) is 0 Å². The minimum atomic E-state index is 0.542. The van der Waals surface area contributed by atoms with Gasteiger partial charge in [0.05, 0.1) is 6.54 Å². The van der Waals surface area contributed by atoms with Crippen LogP contribution in [0, 0.1) is 5.92 Å². The average molecular weight is 867 g/mol. The van der Waals surface area contributed by atoms with Crippen LogP contribution in [0.4, 0.5) is 0 Å². The molecule has 0 saturated carbocycles. The molecule has 1 heteroatoms. The fourth-order valence-electron chi connectivity index (χ4n) is 9.60. The van der Waals surface area contributed by atoms with E-state index in [1.165, 1.54) is 278 Å². The Bertz CT molecular complexity index is 1300. The second-order valence-corrected chi connectivity index (χ2v) is 20.4. The summed E-state index contributed by atoms with van der Waals surface area (Å²) in [6.07, 6.45) is 59.0. The van der Waals surface area contributed by atoms with Crippen LogP contribution >= 0.6 is 0 Å². The van der Waals surface area contributed by atoms with E-state index in [1.807, 2.05) is 0 Å². The van der Waals surface area contributed by atoms with E-state index in [2.05, 4.69) is 82.8 Å². The summed E-state index contributed by atoms with van der Waals surface area (Å²) in [6.45, 7) is 14.2. The van der Waals surface area contributed by atoms with Crippen molar-refractivity contribution in [3.05, 3.63) is 82.9 Å². The Kier molecular flexibility index (Phi) is 38.4. The second-order valence-electron chi connectivity index (χ2n) is 20.4. The van der Waals surface area contributed by atoms with Crippen LogP contribution in [0.1, 0.15) is 300 Å². The Morgan fingerprint density at radius 3 is 1.00 bits per heavy atom. The number of nitrogens with zero attached hydrogens (tertiary/aromatic N) is 1. The quantitative estimate of drug-likeness (QED) is 0.0357. The van der Waals surface area contributed by atoms with Gasteiger partial charge < -0.3 is 0 Å². The van der Waals surface area contributed by atoms with Crippen molar-refractivity contribution in [3.63, 3.8) is 0 Å². The average Bonchev–Trinajstić information content (AvgIpc) is 3.30. The smallest absolute Gasteiger partial charge is 0.0643 e. The highest BCUT2D eigenvalue weighted by atomic mass is 14.7. The first-order valence-corrected chi connectivity index (χ1v) is 28.4. The number of hydrogen-bond acceptors (Lipinski definition) is 1. The SMILES string of the molecule is C=C(CCCCCCCCCCCCCCCCCCCCCCCCCCCCCCCCCCCCCCCC)C(C)Cc1ccc(CN=C(C)c2ccc(CC)cc2)cc1. The number of hydrogen-bond donors (Lipinski definition) is 0. The summed E-state index contributed by atoms with van der Waals surface area (Å²) in [5.74, 6) is 0.542. The highest BCUT2D eigenvalue weighted by Crippen LogP contribution is 2.23. The van der Waals surface area contributed by atoms with E-state index in [9.17, 15) is 0 Å². The molecule has 63 heavy (non-hydrogen) atoms. The van der Waals surface area contributed by atoms with Crippen molar-refractivity contribution >= 4 is 5.71 Å². The first-order chi connectivity index (χ1) is 31.0. The lowest BCUT2D eigenvalue weighted by Gasteiger charge is -2.15. The van der Waals surface area contributed by atoms with Crippen molar-refractivity contribution in [1.29, 1.82) is 0 Å². The molecule has 2 aromatic rings. The van der Waals surface area contributed by atoms with E-state index < -0.39 is 0 Å². The Morgan fingerprint density at radius 2 is 0.683 bits per heavy atom. The van der Waals surface area contributed by atoms with Gasteiger partial charge in [-0.1, -0.05) is 319 Å². The summed E-state index contributed by atoms with van der Waals surface area (Å²) >= 11 is 0. The van der Waals surface area contributed by atoms with Gasteiger partial charge in [-0.25, -0.2) is 0 Å². The molecule has 0 spiro atoms. The van der Waals surface area contributed by atoms with Crippen LogP contribution in [0.3, 0.4) is 0 Å². The molecule has 0 aliphatic heterocycles. The highest BCUT2D eigenvalue weighted by molar-refractivity contribution is 5.98. The minimum Gasteiger partial charge on any atom is -0.285 e. The van der Waals surface area contributed by atoms with Crippen LogP contribution in [0.2, 0.25) is 0 Å². The van der Waals surface area contributed by atoms with Crippen LogP contribution in [0.25, 0.3) is 0 Å². The molecule has 0 fully saturated rings. The van der Waals surface area contributed by atoms with Gasteiger partial charge in [0, 0.05) is 5.71 Å². The number of benzene rings is 2. The Balaban J connectivity index is 1.24. The van der Waals surface area contributed by atoms with Crippen LogP contribution in [0.5, 0.6) is 0 Å². The number of aliphatic imine (C=N–C) groups is 1. The van der Waals surface area contributed by atoms with Crippen molar-refractivity contribution in [2.75, 3.05) is 0 Å². The molecular weight excluding hydrogens is 759 g/mol. The molecule has 0 amide bonds. The number of aryl methyl sites for hydroxylation is 1. The molecule has 2 aromatic carbocycles. The van der Waals surface area contributed by atoms with E-state index in [0.29, 0.717) is 5.92 Å². The van der Waals surface area contributed by atoms with Crippen molar-refractivity contribution in [3.8, 4) is 0 Å².